The lowest BCUT2D eigenvalue weighted by atomic mass is 10.2. The number of hydrogen-bond donors (Lipinski definition) is 1. The number of hydrogen-bond acceptors (Lipinski definition) is 3. The van der Waals surface area contributed by atoms with E-state index in [1.165, 1.54) is 18.3 Å². The van der Waals surface area contributed by atoms with E-state index >= 15 is 0 Å². The molecule has 0 aromatic heterocycles. The molecule has 5 nitrogen and oxygen atoms in total. The monoisotopic (exact) mass is 323 g/mol. The Hall–Kier alpha value is -2.18. The van der Waals surface area contributed by atoms with Crippen molar-refractivity contribution in [3.05, 3.63) is 64.7 Å². The molecular formula is C14H10ClNO4S. The van der Waals surface area contributed by atoms with Crippen LogP contribution in [0.1, 0.15) is 15.9 Å². The number of carboxylic acids is 1. The smallest absolute Gasteiger partial charge is 0.337 e. The minimum Gasteiger partial charge on any atom is -0.478 e. The molecular weight excluding hydrogens is 314 g/mol. The van der Waals surface area contributed by atoms with Gasteiger partial charge in [-0.25, -0.2) is 4.79 Å². The summed E-state index contributed by atoms with van der Waals surface area (Å²) in [6.07, 6.45) is 1.20. The third-order valence-corrected chi connectivity index (χ3v) is 4.17. The number of aromatic carboxylic acids is 1. The summed E-state index contributed by atoms with van der Waals surface area (Å²) in [4.78, 5) is 10.7. The minimum absolute atomic E-state index is 0.0338. The zero-order valence-corrected chi connectivity index (χ0v) is 12.2. The fourth-order valence-corrected chi connectivity index (χ4v) is 2.65. The SMILES string of the molecule is O=C(O)c1cc(S(=O)(=O)/N=C/c2ccccc2)ccc1Cl. The van der Waals surface area contributed by atoms with Crippen LogP contribution < -0.4 is 0 Å². The average molecular weight is 324 g/mol. The van der Waals surface area contributed by atoms with Crippen LogP contribution in [0.3, 0.4) is 0 Å². The molecule has 21 heavy (non-hydrogen) atoms. The summed E-state index contributed by atoms with van der Waals surface area (Å²) in [6.45, 7) is 0. The van der Waals surface area contributed by atoms with Crippen LogP contribution in [0.15, 0.2) is 57.8 Å². The van der Waals surface area contributed by atoms with E-state index in [9.17, 15) is 13.2 Å². The van der Waals surface area contributed by atoms with E-state index in [-0.39, 0.29) is 15.5 Å². The molecule has 2 rings (SSSR count). The van der Waals surface area contributed by atoms with Crippen LogP contribution in [0.25, 0.3) is 0 Å². The van der Waals surface area contributed by atoms with Gasteiger partial charge in [-0.1, -0.05) is 41.9 Å². The van der Waals surface area contributed by atoms with Crippen LogP contribution in [0.5, 0.6) is 0 Å². The quantitative estimate of drug-likeness (QED) is 0.877. The fourth-order valence-electron chi connectivity index (χ4n) is 1.56. The van der Waals surface area contributed by atoms with Gasteiger partial charge in [0.15, 0.2) is 0 Å². The van der Waals surface area contributed by atoms with Gasteiger partial charge >= 0.3 is 5.97 Å². The van der Waals surface area contributed by atoms with Gasteiger partial charge < -0.3 is 5.11 Å². The van der Waals surface area contributed by atoms with Crippen molar-refractivity contribution in [2.45, 2.75) is 4.90 Å². The van der Waals surface area contributed by atoms with Crippen LogP contribution in [0, 0.1) is 0 Å². The van der Waals surface area contributed by atoms with Crippen molar-refractivity contribution in [3.63, 3.8) is 0 Å². The number of carbonyl (C=O) groups is 1. The van der Waals surface area contributed by atoms with E-state index in [0.717, 1.165) is 6.07 Å². The Morgan fingerprint density at radius 1 is 1.14 bits per heavy atom. The van der Waals surface area contributed by atoms with Crippen molar-refractivity contribution in [2.75, 3.05) is 0 Å². The van der Waals surface area contributed by atoms with Gasteiger partial charge in [-0.15, -0.1) is 0 Å². The highest BCUT2D eigenvalue weighted by Crippen LogP contribution is 2.21. The van der Waals surface area contributed by atoms with E-state index < -0.39 is 16.0 Å². The molecule has 0 heterocycles. The van der Waals surface area contributed by atoms with Gasteiger partial charge in [0.1, 0.15) is 0 Å². The molecule has 0 amide bonds. The second-order valence-electron chi connectivity index (χ2n) is 4.07. The molecule has 108 valence electrons. The van der Waals surface area contributed by atoms with Gasteiger partial charge in [-0.05, 0) is 23.8 Å². The topological polar surface area (TPSA) is 83.8 Å². The molecule has 0 atom stereocenters. The third kappa shape index (κ3) is 3.68. The first-order chi connectivity index (χ1) is 9.90. The molecule has 0 saturated heterocycles. The summed E-state index contributed by atoms with van der Waals surface area (Å²) in [5, 5.41) is 8.91. The molecule has 2 aromatic carbocycles. The maximum Gasteiger partial charge on any atom is 0.337 e. The maximum absolute atomic E-state index is 12.1. The van der Waals surface area contributed by atoms with Crippen LogP contribution in [-0.2, 0) is 10.0 Å². The van der Waals surface area contributed by atoms with E-state index in [1.807, 2.05) is 0 Å². The Balaban J connectivity index is 2.39. The standard InChI is InChI=1S/C14H10ClNO4S/c15-13-7-6-11(8-12(13)14(17)18)21(19,20)16-9-10-4-2-1-3-5-10/h1-9H,(H,17,18)/b16-9+. The Kier molecular flexibility index (Phi) is 4.40. The normalized spacial score (nSPS) is 11.7. The van der Waals surface area contributed by atoms with Crippen molar-refractivity contribution >= 4 is 33.8 Å². The number of benzene rings is 2. The van der Waals surface area contributed by atoms with Gasteiger partial charge in [0.25, 0.3) is 10.0 Å². The van der Waals surface area contributed by atoms with Crippen molar-refractivity contribution in [1.29, 1.82) is 0 Å². The lowest BCUT2D eigenvalue weighted by molar-refractivity contribution is 0.0697. The minimum atomic E-state index is -3.98. The Bertz CT molecular complexity index is 801. The zero-order valence-electron chi connectivity index (χ0n) is 10.6. The lowest BCUT2D eigenvalue weighted by Crippen LogP contribution is -2.03. The molecule has 0 radical (unpaired) electrons. The molecule has 0 saturated carbocycles. The molecule has 2 aromatic rings. The van der Waals surface area contributed by atoms with Crippen molar-refractivity contribution in [2.24, 2.45) is 4.40 Å². The zero-order chi connectivity index (χ0) is 15.5. The number of rotatable bonds is 4. The van der Waals surface area contributed by atoms with Crippen LogP contribution >= 0.6 is 11.6 Å². The first-order valence-electron chi connectivity index (χ1n) is 5.78. The summed E-state index contributed by atoms with van der Waals surface area (Å²) in [6, 6.07) is 12.1. The molecule has 0 unspecified atom stereocenters. The maximum atomic E-state index is 12.1. The van der Waals surface area contributed by atoms with Crippen LogP contribution in [0.2, 0.25) is 5.02 Å². The Morgan fingerprint density at radius 3 is 2.43 bits per heavy atom. The predicted molar refractivity (Wildman–Crippen MR) is 79.6 cm³/mol. The highest BCUT2D eigenvalue weighted by molar-refractivity contribution is 7.90. The number of sulfonamides is 1. The third-order valence-electron chi connectivity index (χ3n) is 2.61. The highest BCUT2D eigenvalue weighted by atomic mass is 35.5. The van der Waals surface area contributed by atoms with Gasteiger partial charge in [0, 0.05) is 6.21 Å². The number of nitrogens with zero attached hydrogens (tertiary/aromatic N) is 1. The molecule has 7 heteroatoms. The fraction of sp³-hybridized carbons (Fsp3) is 0. The first-order valence-corrected chi connectivity index (χ1v) is 7.60. The Morgan fingerprint density at radius 2 is 1.81 bits per heavy atom. The molecule has 0 aliphatic carbocycles. The summed E-state index contributed by atoms with van der Waals surface area (Å²) in [7, 11) is -3.98. The molecule has 0 aliphatic heterocycles. The second kappa shape index (κ2) is 6.07. The molecule has 0 fully saturated rings. The second-order valence-corrected chi connectivity index (χ2v) is 6.11. The highest BCUT2D eigenvalue weighted by Gasteiger charge is 2.17. The van der Waals surface area contributed by atoms with Gasteiger partial charge in [0.2, 0.25) is 0 Å². The van der Waals surface area contributed by atoms with Gasteiger partial charge in [0.05, 0.1) is 15.5 Å². The number of halogens is 1. The molecule has 1 N–H and O–H groups in total. The van der Waals surface area contributed by atoms with E-state index in [2.05, 4.69) is 4.40 Å². The Labute approximate surface area is 126 Å². The van der Waals surface area contributed by atoms with E-state index in [1.54, 1.807) is 30.3 Å². The summed E-state index contributed by atoms with van der Waals surface area (Å²) < 4.78 is 27.7. The van der Waals surface area contributed by atoms with Gasteiger partial charge in [-0.2, -0.15) is 12.8 Å². The van der Waals surface area contributed by atoms with Crippen molar-refractivity contribution in [1.82, 2.24) is 0 Å². The van der Waals surface area contributed by atoms with Crippen LogP contribution in [0.4, 0.5) is 0 Å². The predicted octanol–water partition coefficient (Wildman–Crippen LogP) is 2.85. The largest absolute Gasteiger partial charge is 0.478 e. The summed E-state index contributed by atoms with van der Waals surface area (Å²) >= 11 is 5.70. The molecule has 0 spiro atoms. The summed E-state index contributed by atoms with van der Waals surface area (Å²) in [5.74, 6) is -1.30. The summed E-state index contributed by atoms with van der Waals surface area (Å²) in [5.41, 5.74) is 0.334. The first kappa shape index (κ1) is 15.2. The van der Waals surface area contributed by atoms with E-state index in [4.69, 9.17) is 16.7 Å². The van der Waals surface area contributed by atoms with Crippen molar-refractivity contribution in [3.8, 4) is 0 Å². The lowest BCUT2D eigenvalue weighted by Gasteiger charge is -2.02. The van der Waals surface area contributed by atoms with Gasteiger partial charge in [-0.3, -0.25) is 0 Å². The number of carboxylic acid groups (broad SMARTS) is 1. The molecule has 0 bridgehead atoms. The van der Waals surface area contributed by atoms with E-state index in [0.29, 0.717) is 5.56 Å². The molecule has 0 aliphatic rings. The van der Waals surface area contributed by atoms with Crippen molar-refractivity contribution < 1.29 is 18.3 Å². The van der Waals surface area contributed by atoms with Crippen LogP contribution in [-0.4, -0.2) is 25.7 Å². The average Bonchev–Trinajstić information content (AvgIpc) is 2.46.